The first-order valence-electron chi connectivity index (χ1n) is 25.0. The second kappa shape index (κ2) is 48.5. The highest BCUT2D eigenvalue weighted by molar-refractivity contribution is 5.71. The number of carbonyl (C=O) groups excluding carboxylic acids is 3. The van der Waals surface area contributed by atoms with Crippen LogP contribution in [0.2, 0.25) is 0 Å². The first kappa shape index (κ1) is 56.9. The van der Waals surface area contributed by atoms with Gasteiger partial charge in [0.25, 0.3) is 0 Å². The molecular formula is C54H92O6. The summed E-state index contributed by atoms with van der Waals surface area (Å²) in [6.45, 7) is 6.43. The van der Waals surface area contributed by atoms with E-state index >= 15 is 0 Å². The average molecular weight is 837 g/mol. The van der Waals surface area contributed by atoms with Crippen molar-refractivity contribution in [3.63, 3.8) is 0 Å². The first-order valence-corrected chi connectivity index (χ1v) is 25.0. The van der Waals surface area contributed by atoms with Gasteiger partial charge in [-0.1, -0.05) is 190 Å². The van der Waals surface area contributed by atoms with Gasteiger partial charge < -0.3 is 14.2 Å². The summed E-state index contributed by atoms with van der Waals surface area (Å²) < 4.78 is 16.7. The molecule has 0 aromatic rings. The van der Waals surface area contributed by atoms with Crippen molar-refractivity contribution < 1.29 is 28.6 Å². The van der Waals surface area contributed by atoms with Crippen LogP contribution in [0.4, 0.5) is 0 Å². The Morgan fingerprint density at radius 3 is 1.20 bits per heavy atom. The highest BCUT2D eigenvalue weighted by atomic mass is 16.6. The minimum absolute atomic E-state index is 0.0970. The predicted molar refractivity (Wildman–Crippen MR) is 256 cm³/mol. The van der Waals surface area contributed by atoms with Crippen LogP contribution in [-0.4, -0.2) is 37.2 Å². The number of unbranched alkanes of at least 4 members (excludes halogenated alkanes) is 22. The van der Waals surface area contributed by atoms with Crippen LogP contribution in [0.25, 0.3) is 0 Å². The van der Waals surface area contributed by atoms with Gasteiger partial charge >= 0.3 is 17.9 Å². The molecule has 0 aliphatic carbocycles. The molecule has 0 spiro atoms. The fourth-order valence-electron chi connectivity index (χ4n) is 6.66. The standard InChI is InChI=1S/C54H92O6/c1-4-7-10-13-16-19-22-24-26-28-30-32-35-38-41-44-47-53(56)59-50-51(49-58-52(55)46-43-40-37-34-21-18-15-12-9-6-3)60-54(57)48-45-42-39-36-33-31-29-27-25-23-20-17-14-11-8-5-2/h7,10,15-16,18-19,24,26-27,29,31,33,51H,4-6,8-9,11-14,17,20-23,25,28,30,32,34-50H2,1-3H3/b10-7-,18-15-,19-16-,26-24-,29-27-,33-31-. The van der Waals surface area contributed by atoms with Gasteiger partial charge in [0.15, 0.2) is 6.10 Å². The number of rotatable bonds is 44. The molecule has 0 aromatic heterocycles. The minimum Gasteiger partial charge on any atom is -0.462 e. The average Bonchev–Trinajstić information content (AvgIpc) is 3.24. The van der Waals surface area contributed by atoms with E-state index in [0.717, 1.165) is 116 Å². The van der Waals surface area contributed by atoms with E-state index < -0.39 is 6.10 Å². The highest BCUT2D eigenvalue weighted by Gasteiger charge is 2.19. The maximum atomic E-state index is 12.8. The van der Waals surface area contributed by atoms with Crippen LogP contribution in [0.3, 0.4) is 0 Å². The SMILES string of the molecule is CC/C=C\C/C=C\C/C=C\CCCCCCCCC(=O)OCC(COC(=O)CCCCCC/C=C\CCCC)OC(=O)CCCCC/C=C\C=C/CCCCCCCCC. The summed E-state index contributed by atoms with van der Waals surface area (Å²) in [6, 6.07) is 0. The lowest BCUT2D eigenvalue weighted by Crippen LogP contribution is -2.30. The Morgan fingerprint density at radius 1 is 0.367 bits per heavy atom. The fourth-order valence-corrected chi connectivity index (χ4v) is 6.66. The van der Waals surface area contributed by atoms with E-state index in [-0.39, 0.29) is 31.1 Å². The normalized spacial score (nSPS) is 12.7. The molecule has 344 valence electrons. The van der Waals surface area contributed by atoms with Gasteiger partial charge in [-0.25, -0.2) is 0 Å². The lowest BCUT2D eigenvalue weighted by Gasteiger charge is -2.18. The van der Waals surface area contributed by atoms with Crippen LogP contribution in [0.1, 0.15) is 233 Å². The Labute approximate surface area is 370 Å². The molecule has 0 saturated carbocycles. The van der Waals surface area contributed by atoms with Gasteiger partial charge in [0.1, 0.15) is 13.2 Å². The van der Waals surface area contributed by atoms with E-state index in [1.165, 1.54) is 77.0 Å². The van der Waals surface area contributed by atoms with E-state index in [1.807, 2.05) is 0 Å². The van der Waals surface area contributed by atoms with Crippen molar-refractivity contribution in [3.05, 3.63) is 72.9 Å². The molecule has 0 aliphatic heterocycles. The number of carbonyl (C=O) groups is 3. The zero-order valence-electron chi connectivity index (χ0n) is 39.2. The fraction of sp³-hybridized carbons (Fsp3) is 0.722. The lowest BCUT2D eigenvalue weighted by atomic mass is 10.1. The molecule has 0 bridgehead atoms. The summed E-state index contributed by atoms with van der Waals surface area (Å²) >= 11 is 0. The van der Waals surface area contributed by atoms with Crippen LogP contribution >= 0.6 is 0 Å². The van der Waals surface area contributed by atoms with Gasteiger partial charge in [-0.15, -0.1) is 0 Å². The molecule has 0 saturated heterocycles. The van der Waals surface area contributed by atoms with Gasteiger partial charge in [-0.05, 0) is 96.3 Å². The molecule has 0 N–H and O–H groups in total. The van der Waals surface area contributed by atoms with Crippen LogP contribution < -0.4 is 0 Å². The zero-order chi connectivity index (χ0) is 43.7. The van der Waals surface area contributed by atoms with Gasteiger partial charge in [-0.3, -0.25) is 14.4 Å². The van der Waals surface area contributed by atoms with Gasteiger partial charge in [0.2, 0.25) is 0 Å². The van der Waals surface area contributed by atoms with Crippen molar-refractivity contribution in [1.82, 2.24) is 0 Å². The molecule has 6 heteroatoms. The second-order valence-electron chi connectivity index (χ2n) is 16.4. The van der Waals surface area contributed by atoms with E-state index in [2.05, 4.69) is 93.7 Å². The third kappa shape index (κ3) is 45.9. The van der Waals surface area contributed by atoms with Gasteiger partial charge in [0, 0.05) is 19.3 Å². The Balaban J connectivity index is 4.44. The minimum atomic E-state index is -0.798. The number of esters is 3. The summed E-state index contributed by atoms with van der Waals surface area (Å²) in [5.74, 6) is -0.951. The number of hydrogen-bond acceptors (Lipinski definition) is 6. The molecule has 1 unspecified atom stereocenters. The molecule has 6 nitrogen and oxygen atoms in total. The molecule has 60 heavy (non-hydrogen) atoms. The van der Waals surface area contributed by atoms with E-state index in [1.54, 1.807) is 0 Å². The third-order valence-electron chi connectivity index (χ3n) is 10.4. The predicted octanol–water partition coefficient (Wildman–Crippen LogP) is 16.3. The molecule has 0 radical (unpaired) electrons. The van der Waals surface area contributed by atoms with E-state index in [0.29, 0.717) is 19.3 Å². The lowest BCUT2D eigenvalue weighted by molar-refractivity contribution is -0.167. The Bertz CT molecular complexity index is 1140. The monoisotopic (exact) mass is 837 g/mol. The van der Waals surface area contributed by atoms with Crippen molar-refractivity contribution in [2.75, 3.05) is 13.2 Å². The third-order valence-corrected chi connectivity index (χ3v) is 10.4. The summed E-state index contributed by atoms with van der Waals surface area (Å²) in [5.41, 5.74) is 0. The maximum Gasteiger partial charge on any atom is 0.306 e. The quantitative estimate of drug-likeness (QED) is 0.0200. The van der Waals surface area contributed by atoms with Crippen LogP contribution in [0.15, 0.2) is 72.9 Å². The van der Waals surface area contributed by atoms with Crippen molar-refractivity contribution >= 4 is 17.9 Å². The summed E-state index contributed by atoms with van der Waals surface area (Å²) in [5, 5.41) is 0. The van der Waals surface area contributed by atoms with Crippen molar-refractivity contribution in [2.45, 2.75) is 239 Å². The summed E-state index contributed by atoms with van der Waals surface area (Å²) in [4.78, 5) is 37.9. The molecular weight excluding hydrogens is 745 g/mol. The van der Waals surface area contributed by atoms with Crippen molar-refractivity contribution in [3.8, 4) is 0 Å². The maximum absolute atomic E-state index is 12.8. The molecule has 0 aromatic carbocycles. The molecule has 0 amide bonds. The number of hydrogen-bond donors (Lipinski definition) is 0. The largest absolute Gasteiger partial charge is 0.462 e. The highest BCUT2D eigenvalue weighted by Crippen LogP contribution is 2.13. The van der Waals surface area contributed by atoms with E-state index in [4.69, 9.17) is 14.2 Å². The first-order chi connectivity index (χ1) is 29.5. The Hall–Kier alpha value is -3.15. The molecule has 0 heterocycles. The number of allylic oxidation sites excluding steroid dienone is 12. The summed E-state index contributed by atoms with van der Waals surface area (Å²) in [7, 11) is 0. The molecule has 0 aliphatic rings. The van der Waals surface area contributed by atoms with Gasteiger partial charge in [-0.2, -0.15) is 0 Å². The molecule has 0 fully saturated rings. The Morgan fingerprint density at radius 2 is 0.717 bits per heavy atom. The van der Waals surface area contributed by atoms with E-state index in [9.17, 15) is 14.4 Å². The van der Waals surface area contributed by atoms with Crippen molar-refractivity contribution in [1.29, 1.82) is 0 Å². The topological polar surface area (TPSA) is 78.9 Å². The summed E-state index contributed by atoms with van der Waals surface area (Å²) in [6.07, 6.45) is 60.3. The van der Waals surface area contributed by atoms with Crippen LogP contribution in [0.5, 0.6) is 0 Å². The second-order valence-corrected chi connectivity index (χ2v) is 16.4. The Kier molecular flexibility index (Phi) is 46.0. The van der Waals surface area contributed by atoms with Crippen LogP contribution in [0, 0.1) is 0 Å². The molecule has 1 atom stereocenters. The van der Waals surface area contributed by atoms with Gasteiger partial charge in [0.05, 0.1) is 0 Å². The smallest absolute Gasteiger partial charge is 0.306 e. The zero-order valence-corrected chi connectivity index (χ0v) is 39.2. The van der Waals surface area contributed by atoms with Crippen molar-refractivity contribution in [2.24, 2.45) is 0 Å². The molecule has 0 rings (SSSR count). The number of ether oxygens (including phenoxy) is 3. The van der Waals surface area contributed by atoms with Crippen LogP contribution in [-0.2, 0) is 28.6 Å².